The highest BCUT2D eigenvalue weighted by atomic mass is 32.1. The summed E-state index contributed by atoms with van der Waals surface area (Å²) in [5.74, 6) is 5.45. The summed E-state index contributed by atoms with van der Waals surface area (Å²) in [5.41, 5.74) is 4.05. The number of hydrazine groups is 1. The van der Waals surface area contributed by atoms with Gasteiger partial charge in [-0.05, 0) is 30.4 Å². The lowest BCUT2D eigenvalue weighted by Crippen LogP contribution is -2.28. The van der Waals surface area contributed by atoms with E-state index in [1.165, 1.54) is 10.4 Å². The van der Waals surface area contributed by atoms with Crippen LogP contribution < -0.4 is 11.3 Å². The first kappa shape index (κ1) is 10.7. The molecule has 3 nitrogen and oxygen atoms in total. The Morgan fingerprint density at radius 2 is 2.46 bits per heavy atom. The van der Waals surface area contributed by atoms with Crippen LogP contribution in [0.1, 0.15) is 22.9 Å². The van der Waals surface area contributed by atoms with Crippen molar-refractivity contribution in [1.82, 2.24) is 5.43 Å². The number of thiophene rings is 1. The summed E-state index contributed by atoms with van der Waals surface area (Å²) in [6.45, 7) is 2.82. The van der Waals surface area contributed by atoms with Crippen molar-refractivity contribution < 1.29 is 4.74 Å². The van der Waals surface area contributed by atoms with E-state index in [9.17, 15) is 0 Å². The topological polar surface area (TPSA) is 47.3 Å². The van der Waals surface area contributed by atoms with E-state index in [0.29, 0.717) is 0 Å². The van der Waals surface area contributed by atoms with Crippen LogP contribution in [0.3, 0.4) is 0 Å². The molecule has 0 aromatic carbocycles. The van der Waals surface area contributed by atoms with Crippen molar-refractivity contribution in [2.24, 2.45) is 5.84 Å². The normalized spacial score (nSPS) is 13.2. The maximum absolute atomic E-state index is 5.45. The van der Waals surface area contributed by atoms with Gasteiger partial charge in [0.25, 0.3) is 0 Å². The van der Waals surface area contributed by atoms with Crippen molar-refractivity contribution in [3.05, 3.63) is 21.9 Å². The quantitative estimate of drug-likeness (QED) is 0.560. The molecule has 1 unspecified atom stereocenters. The van der Waals surface area contributed by atoms with E-state index in [0.717, 1.165) is 13.0 Å². The summed E-state index contributed by atoms with van der Waals surface area (Å²) in [6.07, 6.45) is 0.906. The maximum atomic E-state index is 5.45. The number of ether oxygens (including phenoxy) is 1. The van der Waals surface area contributed by atoms with Gasteiger partial charge in [-0.15, -0.1) is 11.3 Å². The lowest BCUT2D eigenvalue weighted by atomic mass is 10.1. The molecule has 3 N–H and O–H groups in total. The fourth-order valence-corrected chi connectivity index (χ4v) is 1.99. The zero-order valence-corrected chi connectivity index (χ0v) is 8.86. The lowest BCUT2D eigenvalue weighted by Gasteiger charge is -2.13. The molecular formula is C9H16N2OS. The Kier molecular flexibility index (Phi) is 4.38. The molecule has 0 amide bonds. The molecule has 0 saturated carbocycles. The van der Waals surface area contributed by atoms with Gasteiger partial charge in [0.2, 0.25) is 0 Å². The predicted octanol–water partition coefficient (Wildman–Crippen LogP) is 1.60. The molecule has 0 radical (unpaired) electrons. The molecule has 0 aliphatic carbocycles. The van der Waals surface area contributed by atoms with Crippen LogP contribution in [0.2, 0.25) is 0 Å². The number of aryl methyl sites for hydroxylation is 1. The van der Waals surface area contributed by atoms with Crippen molar-refractivity contribution in [1.29, 1.82) is 0 Å². The molecule has 0 aliphatic rings. The lowest BCUT2D eigenvalue weighted by molar-refractivity contribution is 0.183. The number of nitrogens with one attached hydrogen (secondary N) is 1. The second-order valence-electron chi connectivity index (χ2n) is 2.99. The highest BCUT2D eigenvalue weighted by Gasteiger charge is 2.09. The molecule has 1 aromatic rings. The van der Waals surface area contributed by atoms with Crippen LogP contribution in [-0.2, 0) is 4.74 Å². The minimum atomic E-state index is 0.213. The highest BCUT2D eigenvalue weighted by Crippen LogP contribution is 2.21. The Hall–Kier alpha value is -0.420. The summed E-state index contributed by atoms with van der Waals surface area (Å²) in [4.78, 5) is 1.31. The molecule has 1 aromatic heterocycles. The van der Waals surface area contributed by atoms with Crippen LogP contribution in [0.4, 0.5) is 0 Å². The van der Waals surface area contributed by atoms with Gasteiger partial charge in [0, 0.05) is 24.6 Å². The molecule has 1 heterocycles. The molecule has 0 fully saturated rings. The molecule has 0 bridgehead atoms. The van der Waals surface area contributed by atoms with Crippen LogP contribution in [0.25, 0.3) is 0 Å². The van der Waals surface area contributed by atoms with Gasteiger partial charge in [-0.25, -0.2) is 0 Å². The average molecular weight is 200 g/mol. The van der Waals surface area contributed by atoms with E-state index >= 15 is 0 Å². The molecule has 0 spiro atoms. The second-order valence-corrected chi connectivity index (χ2v) is 4.11. The average Bonchev–Trinajstić information content (AvgIpc) is 2.54. The summed E-state index contributed by atoms with van der Waals surface area (Å²) in [7, 11) is 1.70. The summed E-state index contributed by atoms with van der Waals surface area (Å²) < 4.78 is 5.01. The van der Waals surface area contributed by atoms with Crippen LogP contribution in [0.15, 0.2) is 11.4 Å². The van der Waals surface area contributed by atoms with Gasteiger partial charge in [-0.1, -0.05) is 0 Å². The number of hydrogen-bond acceptors (Lipinski definition) is 4. The van der Waals surface area contributed by atoms with Crippen molar-refractivity contribution in [3.8, 4) is 0 Å². The van der Waals surface area contributed by atoms with Crippen LogP contribution in [0.5, 0.6) is 0 Å². The molecule has 74 valence electrons. The fourth-order valence-electron chi connectivity index (χ4n) is 1.23. The van der Waals surface area contributed by atoms with Gasteiger partial charge < -0.3 is 4.74 Å². The molecule has 1 atom stereocenters. The van der Waals surface area contributed by atoms with Gasteiger partial charge in [-0.3, -0.25) is 11.3 Å². The van der Waals surface area contributed by atoms with Crippen molar-refractivity contribution in [3.63, 3.8) is 0 Å². The third-order valence-electron chi connectivity index (χ3n) is 1.97. The molecular weight excluding hydrogens is 184 g/mol. The number of nitrogens with two attached hydrogens (primary N) is 1. The fraction of sp³-hybridized carbons (Fsp3) is 0.556. The van der Waals surface area contributed by atoms with Crippen LogP contribution >= 0.6 is 11.3 Å². The summed E-state index contributed by atoms with van der Waals surface area (Å²) >= 11 is 1.75. The Morgan fingerprint density at radius 1 is 1.69 bits per heavy atom. The van der Waals surface area contributed by atoms with Crippen LogP contribution in [-0.4, -0.2) is 13.7 Å². The standard InChI is InChI=1S/C9H16N2OS/c1-7-5-8(6-13-7)9(11-10)3-4-12-2/h5-6,9,11H,3-4,10H2,1-2H3. The van der Waals surface area contributed by atoms with E-state index in [4.69, 9.17) is 10.6 Å². The minimum Gasteiger partial charge on any atom is -0.385 e. The monoisotopic (exact) mass is 200 g/mol. The van der Waals surface area contributed by atoms with Gasteiger partial charge in [0.15, 0.2) is 0 Å². The highest BCUT2D eigenvalue weighted by molar-refractivity contribution is 7.10. The van der Waals surface area contributed by atoms with E-state index in [1.54, 1.807) is 18.4 Å². The number of hydrogen-bond donors (Lipinski definition) is 2. The molecule has 4 heteroatoms. The second kappa shape index (κ2) is 5.34. The zero-order chi connectivity index (χ0) is 9.68. The van der Waals surface area contributed by atoms with E-state index in [2.05, 4.69) is 23.8 Å². The van der Waals surface area contributed by atoms with E-state index in [-0.39, 0.29) is 6.04 Å². The molecule has 1 rings (SSSR count). The largest absolute Gasteiger partial charge is 0.385 e. The Balaban J connectivity index is 2.56. The third-order valence-corrected chi connectivity index (χ3v) is 2.84. The van der Waals surface area contributed by atoms with Gasteiger partial charge in [0.1, 0.15) is 0 Å². The molecule has 0 aliphatic heterocycles. The van der Waals surface area contributed by atoms with Gasteiger partial charge in [0.05, 0.1) is 0 Å². The first-order valence-corrected chi connectivity index (χ1v) is 5.16. The third kappa shape index (κ3) is 3.08. The summed E-state index contributed by atoms with van der Waals surface area (Å²) in [6, 6.07) is 2.37. The van der Waals surface area contributed by atoms with Crippen LogP contribution in [0, 0.1) is 6.92 Å². The first-order valence-electron chi connectivity index (χ1n) is 4.28. The smallest absolute Gasteiger partial charge is 0.0490 e. The van der Waals surface area contributed by atoms with E-state index in [1.807, 2.05) is 0 Å². The van der Waals surface area contributed by atoms with Gasteiger partial charge >= 0.3 is 0 Å². The Bertz CT molecular complexity index is 250. The number of methoxy groups -OCH3 is 1. The van der Waals surface area contributed by atoms with Crippen molar-refractivity contribution in [2.45, 2.75) is 19.4 Å². The Labute approximate surface area is 82.9 Å². The molecule has 13 heavy (non-hydrogen) atoms. The van der Waals surface area contributed by atoms with E-state index < -0.39 is 0 Å². The van der Waals surface area contributed by atoms with Crippen molar-refractivity contribution in [2.75, 3.05) is 13.7 Å². The number of rotatable bonds is 5. The maximum Gasteiger partial charge on any atom is 0.0490 e. The SMILES string of the molecule is COCCC(NN)c1csc(C)c1. The zero-order valence-electron chi connectivity index (χ0n) is 8.04. The van der Waals surface area contributed by atoms with Crippen molar-refractivity contribution >= 4 is 11.3 Å². The minimum absolute atomic E-state index is 0.213. The molecule has 0 saturated heterocycles. The van der Waals surface area contributed by atoms with Gasteiger partial charge in [-0.2, -0.15) is 0 Å². The first-order chi connectivity index (χ1) is 6.27. The summed E-state index contributed by atoms with van der Waals surface area (Å²) in [5, 5.41) is 2.13. The predicted molar refractivity (Wildman–Crippen MR) is 55.6 cm³/mol. The Morgan fingerprint density at radius 3 is 2.92 bits per heavy atom.